The maximum Gasteiger partial charge on any atom is 0.129 e. The van der Waals surface area contributed by atoms with E-state index >= 15 is 0 Å². The second-order valence-electron chi connectivity index (χ2n) is 4.30. The Kier molecular flexibility index (Phi) is 3.16. The van der Waals surface area contributed by atoms with Crippen LogP contribution >= 0.6 is 0 Å². The number of furan rings is 1. The number of anilines is 1. The third-order valence-corrected chi connectivity index (χ3v) is 2.93. The lowest BCUT2D eigenvalue weighted by molar-refractivity contribution is 0.244. The number of pyridine rings is 1. The summed E-state index contributed by atoms with van der Waals surface area (Å²) in [6.45, 7) is 0.498. The monoisotopic (exact) mass is 254 g/mol. The van der Waals surface area contributed by atoms with Crippen LogP contribution in [0.1, 0.15) is 11.5 Å². The van der Waals surface area contributed by atoms with Crippen molar-refractivity contribution in [1.29, 1.82) is 0 Å². The van der Waals surface area contributed by atoms with Gasteiger partial charge in [-0.25, -0.2) is 0 Å². The van der Waals surface area contributed by atoms with Crippen LogP contribution in [0, 0.1) is 0 Å². The van der Waals surface area contributed by atoms with Crippen LogP contribution in [0.3, 0.4) is 0 Å². The van der Waals surface area contributed by atoms with E-state index in [0.717, 1.165) is 22.4 Å². The van der Waals surface area contributed by atoms with Crippen molar-refractivity contribution < 1.29 is 9.52 Å². The molecule has 2 aromatic heterocycles. The zero-order chi connectivity index (χ0) is 13.1. The van der Waals surface area contributed by atoms with E-state index in [4.69, 9.17) is 9.52 Å². The SMILES string of the molecule is OCc1ccc(CNc2cnc3ccccc3c2)o1. The Bertz CT molecular complexity index is 691. The fourth-order valence-corrected chi connectivity index (χ4v) is 1.96. The zero-order valence-corrected chi connectivity index (χ0v) is 10.3. The Labute approximate surface area is 110 Å². The molecule has 0 atom stereocenters. The number of hydrogen-bond acceptors (Lipinski definition) is 4. The van der Waals surface area contributed by atoms with Crippen molar-refractivity contribution in [3.05, 3.63) is 60.2 Å². The van der Waals surface area contributed by atoms with Gasteiger partial charge in [0.15, 0.2) is 0 Å². The van der Waals surface area contributed by atoms with Crippen LogP contribution in [0.2, 0.25) is 0 Å². The molecule has 0 bridgehead atoms. The van der Waals surface area contributed by atoms with Gasteiger partial charge in [0.1, 0.15) is 18.1 Å². The number of nitrogens with one attached hydrogen (secondary N) is 1. The number of nitrogens with zero attached hydrogens (tertiary/aromatic N) is 1. The summed E-state index contributed by atoms with van der Waals surface area (Å²) in [7, 11) is 0. The Balaban J connectivity index is 1.74. The second kappa shape index (κ2) is 5.12. The van der Waals surface area contributed by atoms with Crippen LogP contribution in [0.25, 0.3) is 10.9 Å². The van der Waals surface area contributed by atoms with E-state index in [-0.39, 0.29) is 6.61 Å². The normalized spacial score (nSPS) is 10.8. The van der Waals surface area contributed by atoms with Gasteiger partial charge in [-0.2, -0.15) is 0 Å². The van der Waals surface area contributed by atoms with Crippen LogP contribution in [-0.4, -0.2) is 10.1 Å². The van der Waals surface area contributed by atoms with E-state index in [1.54, 1.807) is 12.3 Å². The van der Waals surface area contributed by atoms with E-state index in [2.05, 4.69) is 16.4 Å². The van der Waals surface area contributed by atoms with Crippen molar-refractivity contribution in [1.82, 2.24) is 4.98 Å². The first-order valence-corrected chi connectivity index (χ1v) is 6.12. The van der Waals surface area contributed by atoms with Crippen molar-refractivity contribution in [2.45, 2.75) is 13.2 Å². The molecule has 0 fully saturated rings. The van der Waals surface area contributed by atoms with Gasteiger partial charge in [0.05, 0.1) is 23.9 Å². The van der Waals surface area contributed by atoms with Gasteiger partial charge in [0.25, 0.3) is 0 Å². The van der Waals surface area contributed by atoms with Crippen molar-refractivity contribution in [3.63, 3.8) is 0 Å². The smallest absolute Gasteiger partial charge is 0.129 e. The van der Waals surface area contributed by atoms with E-state index in [1.165, 1.54) is 0 Å². The van der Waals surface area contributed by atoms with E-state index in [0.29, 0.717) is 12.3 Å². The molecule has 1 aromatic carbocycles. The van der Waals surface area contributed by atoms with Gasteiger partial charge in [-0.3, -0.25) is 4.98 Å². The highest BCUT2D eigenvalue weighted by Crippen LogP contribution is 2.17. The molecule has 0 saturated carbocycles. The van der Waals surface area contributed by atoms with Gasteiger partial charge in [-0.05, 0) is 24.3 Å². The first-order chi connectivity index (χ1) is 9.35. The molecule has 4 nitrogen and oxygen atoms in total. The maximum absolute atomic E-state index is 8.93. The fraction of sp³-hybridized carbons (Fsp3) is 0.133. The summed E-state index contributed by atoms with van der Waals surface area (Å²) in [5.41, 5.74) is 1.93. The minimum atomic E-state index is -0.0719. The number of aliphatic hydroxyl groups excluding tert-OH is 1. The second-order valence-corrected chi connectivity index (χ2v) is 4.30. The number of aliphatic hydroxyl groups is 1. The minimum absolute atomic E-state index is 0.0719. The molecule has 0 aliphatic carbocycles. The molecule has 0 unspecified atom stereocenters. The number of fused-ring (bicyclic) bond motifs is 1. The summed E-state index contributed by atoms with van der Waals surface area (Å²) < 4.78 is 5.41. The molecular formula is C15H14N2O2. The van der Waals surface area contributed by atoms with Gasteiger partial charge in [-0.1, -0.05) is 18.2 Å². The standard InChI is InChI=1S/C15H14N2O2/c18-10-14-6-5-13(19-14)9-16-12-7-11-3-1-2-4-15(11)17-8-12/h1-8,16,18H,9-10H2. The molecule has 0 amide bonds. The maximum atomic E-state index is 8.93. The lowest BCUT2D eigenvalue weighted by Gasteiger charge is -2.05. The molecule has 2 heterocycles. The number of hydrogen-bond donors (Lipinski definition) is 2. The molecule has 96 valence electrons. The topological polar surface area (TPSA) is 58.3 Å². The minimum Gasteiger partial charge on any atom is -0.462 e. The van der Waals surface area contributed by atoms with Gasteiger partial charge in [0.2, 0.25) is 0 Å². The molecule has 2 N–H and O–H groups in total. The van der Waals surface area contributed by atoms with Gasteiger partial charge >= 0.3 is 0 Å². The number of rotatable bonds is 4. The lowest BCUT2D eigenvalue weighted by atomic mass is 10.2. The first-order valence-electron chi connectivity index (χ1n) is 6.12. The molecule has 3 rings (SSSR count). The van der Waals surface area contributed by atoms with E-state index in [9.17, 15) is 0 Å². The van der Waals surface area contributed by atoms with Crippen molar-refractivity contribution >= 4 is 16.6 Å². The van der Waals surface area contributed by atoms with Crippen LogP contribution < -0.4 is 5.32 Å². The fourth-order valence-electron chi connectivity index (χ4n) is 1.96. The zero-order valence-electron chi connectivity index (χ0n) is 10.3. The van der Waals surface area contributed by atoms with E-state index < -0.39 is 0 Å². The largest absolute Gasteiger partial charge is 0.462 e. The Morgan fingerprint density at radius 2 is 1.95 bits per heavy atom. The third-order valence-electron chi connectivity index (χ3n) is 2.93. The average Bonchev–Trinajstić information content (AvgIpc) is 2.93. The highest BCUT2D eigenvalue weighted by Gasteiger charge is 2.02. The Hall–Kier alpha value is -2.33. The van der Waals surface area contributed by atoms with Crippen LogP contribution in [0.5, 0.6) is 0 Å². The third kappa shape index (κ3) is 2.58. The number of aromatic nitrogens is 1. The summed E-state index contributed by atoms with van der Waals surface area (Å²) in [5, 5.41) is 13.3. The molecular weight excluding hydrogens is 240 g/mol. The average molecular weight is 254 g/mol. The molecule has 0 saturated heterocycles. The number of para-hydroxylation sites is 1. The summed E-state index contributed by atoms with van der Waals surface area (Å²) in [5.74, 6) is 1.37. The molecule has 3 aromatic rings. The molecule has 0 spiro atoms. The highest BCUT2D eigenvalue weighted by atomic mass is 16.4. The summed E-state index contributed by atoms with van der Waals surface area (Å²) in [6, 6.07) is 13.7. The van der Waals surface area contributed by atoms with Gasteiger partial charge in [-0.15, -0.1) is 0 Å². The molecule has 0 aliphatic rings. The van der Waals surface area contributed by atoms with Crippen molar-refractivity contribution in [3.8, 4) is 0 Å². The molecule has 19 heavy (non-hydrogen) atoms. The van der Waals surface area contributed by atoms with Gasteiger partial charge in [0, 0.05) is 5.39 Å². The Morgan fingerprint density at radius 1 is 1.11 bits per heavy atom. The summed E-state index contributed by atoms with van der Waals surface area (Å²) in [6.07, 6.45) is 1.80. The summed E-state index contributed by atoms with van der Waals surface area (Å²) >= 11 is 0. The first kappa shape index (κ1) is 11.7. The van der Waals surface area contributed by atoms with Crippen molar-refractivity contribution in [2.75, 3.05) is 5.32 Å². The molecule has 4 heteroatoms. The van der Waals surface area contributed by atoms with Crippen LogP contribution in [0.4, 0.5) is 5.69 Å². The highest BCUT2D eigenvalue weighted by molar-refractivity contribution is 5.81. The Morgan fingerprint density at radius 3 is 2.79 bits per heavy atom. The number of benzene rings is 1. The van der Waals surface area contributed by atoms with Crippen LogP contribution in [0.15, 0.2) is 53.1 Å². The van der Waals surface area contributed by atoms with Crippen LogP contribution in [-0.2, 0) is 13.2 Å². The lowest BCUT2D eigenvalue weighted by Crippen LogP contribution is -1.98. The quantitative estimate of drug-likeness (QED) is 0.751. The predicted molar refractivity (Wildman–Crippen MR) is 73.7 cm³/mol. The predicted octanol–water partition coefficient (Wildman–Crippen LogP) is 2.93. The van der Waals surface area contributed by atoms with E-state index in [1.807, 2.05) is 30.3 Å². The molecule has 0 aliphatic heterocycles. The summed E-state index contributed by atoms with van der Waals surface area (Å²) in [4.78, 5) is 4.38. The molecule has 0 radical (unpaired) electrons. The van der Waals surface area contributed by atoms with Gasteiger partial charge < -0.3 is 14.8 Å². The van der Waals surface area contributed by atoms with Crippen molar-refractivity contribution in [2.24, 2.45) is 0 Å².